The number of aliphatic hydroxyl groups excluding tert-OH is 1. The fraction of sp³-hybridized carbons (Fsp3) is 0.323. The van der Waals surface area contributed by atoms with Crippen LogP contribution in [0.3, 0.4) is 0 Å². The quantitative estimate of drug-likeness (QED) is 0.292. The van der Waals surface area contributed by atoms with Gasteiger partial charge in [0.2, 0.25) is 5.91 Å². The highest BCUT2D eigenvalue weighted by atomic mass is 16.6. The Kier molecular flexibility index (Phi) is 11.2. The lowest BCUT2D eigenvalue weighted by Crippen LogP contribution is -2.57. The van der Waals surface area contributed by atoms with Gasteiger partial charge in [-0.25, -0.2) is 10.3 Å². The summed E-state index contributed by atoms with van der Waals surface area (Å²) in [5.41, 5.74) is 3.72. The van der Waals surface area contributed by atoms with E-state index in [1.165, 1.54) is 4.90 Å². The van der Waals surface area contributed by atoms with Crippen molar-refractivity contribution >= 4 is 17.9 Å². The summed E-state index contributed by atoms with van der Waals surface area (Å²) >= 11 is 0. The van der Waals surface area contributed by atoms with E-state index in [4.69, 9.17) is 9.57 Å². The average molecular weight is 548 g/mol. The predicted octanol–water partition coefficient (Wildman–Crippen LogP) is 4.22. The summed E-state index contributed by atoms with van der Waals surface area (Å²) in [5, 5.41) is 13.0. The molecular formula is C31H37N3O6. The van der Waals surface area contributed by atoms with E-state index in [0.717, 1.165) is 11.1 Å². The number of benzene rings is 3. The van der Waals surface area contributed by atoms with Gasteiger partial charge in [-0.15, -0.1) is 0 Å². The lowest BCUT2D eigenvalue weighted by Gasteiger charge is -2.37. The number of hydrogen-bond acceptors (Lipinski definition) is 6. The molecule has 212 valence electrons. The summed E-state index contributed by atoms with van der Waals surface area (Å²) in [6.45, 7) is 4.88. The lowest BCUT2D eigenvalue weighted by atomic mass is 10.00. The van der Waals surface area contributed by atoms with E-state index >= 15 is 0 Å². The first-order chi connectivity index (χ1) is 19.2. The second-order valence-corrected chi connectivity index (χ2v) is 10.3. The zero-order valence-electron chi connectivity index (χ0n) is 23.1. The molecule has 0 fully saturated rings. The van der Waals surface area contributed by atoms with Crippen LogP contribution in [-0.2, 0) is 27.5 Å². The number of aliphatic hydroxyl groups is 1. The Labute approximate surface area is 235 Å². The van der Waals surface area contributed by atoms with Gasteiger partial charge in [0, 0.05) is 12.1 Å². The molecule has 3 N–H and O–H groups in total. The molecule has 0 radical (unpaired) electrons. The largest absolute Gasteiger partial charge is 0.444 e. The van der Waals surface area contributed by atoms with Crippen LogP contribution in [0.15, 0.2) is 91.0 Å². The summed E-state index contributed by atoms with van der Waals surface area (Å²) in [7, 11) is 0. The maximum atomic E-state index is 13.8. The Balaban J connectivity index is 1.90. The Hall–Kier alpha value is -4.21. The first-order valence-corrected chi connectivity index (χ1v) is 13.1. The fourth-order valence-electron chi connectivity index (χ4n) is 4.06. The van der Waals surface area contributed by atoms with Gasteiger partial charge in [-0.2, -0.15) is 0 Å². The molecule has 0 saturated heterocycles. The van der Waals surface area contributed by atoms with Crippen molar-refractivity contribution in [3.63, 3.8) is 0 Å². The van der Waals surface area contributed by atoms with Crippen LogP contribution in [-0.4, -0.2) is 52.2 Å². The average Bonchev–Trinajstić information content (AvgIpc) is 2.94. The molecular weight excluding hydrogens is 510 g/mol. The minimum atomic E-state index is -1.02. The molecule has 0 aromatic heterocycles. The molecule has 0 saturated carbocycles. The molecule has 3 rings (SSSR count). The smallest absolute Gasteiger partial charge is 0.408 e. The maximum absolute atomic E-state index is 13.8. The van der Waals surface area contributed by atoms with Gasteiger partial charge in [0.05, 0.1) is 31.7 Å². The molecule has 0 aliphatic heterocycles. The van der Waals surface area contributed by atoms with Crippen molar-refractivity contribution < 1.29 is 29.1 Å². The van der Waals surface area contributed by atoms with Crippen LogP contribution in [0.25, 0.3) is 0 Å². The van der Waals surface area contributed by atoms with E-state index in [1.54, 1.807) is 51.1 Å². The van der Waals surface area contributed by atoms with Crippen LogP contribution >= 0.6 is 0 Å². The molecule has 0 heterocycles. The van der Waals surface area contributed by atoms with E-state index in [1.807, 2.05) is 60.7 Å². The summed E-state index contributed by atoms with van der Waals surface area (Å²) in [4.78, 5) is 46.5. The van der Waals surface area contributed by atoms with Crippen molar-refractivity contribution in [3.05, 3.63) is 108 Å². The molecule has 3 aromatic rings. The van der Waals surface area contributed by atoms with Crippen LogP contribution in [0.4, 0.5) is 4.79 Å². The number of nitrogens with one attached hydrogen (secondary N) is 2. The van der Waals surface area contributed by atoms with E-state index in [-0.39, 0.29) is 25.5 Å². The second kappa shape index (κ2) is 14.8. The maximum Gasteiger partial charge on any atom is 0.408 e. The summed E-state index contributed by atoms with van der Waals surface area (Å²) in [5.74, 6) is -0.888. The summed E-state index contributed by atoms with van der Waals surface area (Å²) < 4.78 is 5.39. The molecule has 0 spiro atoms. The molecule has 0 bridgehead atoms. The third kappa shape index (κ3) is 9.83. The number of nitrogens with zero attached hydrogens (tertiary/aromatic N) is 1. The van der Waals surface area contributed by atoms with Crippen LogP contribution in [0.2, 0.25) is 0 Å². The second-order valence-electron chi connectivity index (χ2n) is 10.3. The van der Waals surface area contributed by atoms with E-state index < -0.39 is 36.3 Å². The number of hydroxylamine groups is 1. The highest BCUT2D eigenvalue weighted by Gasteiger charge is 2.35. The third-order valence-electron chi connectivity index (χ3n) is 5.90. The molecule has 9 nitrogen and oxygen atoms in total. The SMILES string of the molecule is CC(C)(C)OC(=O)N[C@H](CO)[C@H](CC(=O)NOCc1ccccc1)N(Cc1ccccc1)C(=O)c1ccccc1. The number of ether oxygens (including phenoxy) is 1. The van der Waals surface area contributed by atoms with Crippen molar-refractivity contribution in [2.75, 3.05) is 6.61 Å². The van der Waals surface area contributed by atoms with Crippen molar-refractivity contribution in [1.29, 1.82) is 0 Å². The van der Waals surface area contributed by atoms with Crippen LogP contribution < -0.4 is 10.8 Å². The molecule has 9 heteroatoms. The minimum absolute atomic E-state index is 0.129. The van der Waals surface area contributed by atoms with E-state index in [0.29, 0.717) is 5.56 Å². The zero-order valence-corrected chi connectivity index (χ0v) is 23.1. The third-order valence-corrected chi connectivity index (χ3v) is 5.90. The number of rotatable bonds is 12. The van der Waals surface area contributed by atoms with Gasteiger partial charge in [-0.05, 0) is 44.0 Å². The number of carbonyl (C=O) groups is 3. The standard InChI is InChI=1S/C31H37N3O6/c1-31(2,3)40-30(38)32-26(21-35)27(19-28(36)33-39-22-24-15-9-5-10-16-24)34(20-23-13-7-4-8-14-23)29(37)25-17-11-6-12-18-25/h4-18,26-27,35H,19-22H2,1-3H3,(H,32,38)(H,33,36)/t26-,27+/m1/s1. The monoisotopic (exact) mass is 547 g/mol. The summed E-state index contributed by atoms with van der Waals surface area (Å²) in [6, 6.07) is 25.3. The van der Waals surface area contributed by atoms with Crippen molar-refractivity contribution in [2.24, 2.45) is 0 Å². The molecule has 3 amide bonds. The first-order valence-electron chi connectivity index (χ1n) is 13.1. The van der Waals surface area contributed by atoms with Gasteiger partial charge in [0.1, 0.15) is 5.60 Å². The normalized spacial score (nSPS) is 12.6. The molecule has 40 heavy (non-hydrogen) atoms. The Morgan fingerprint density at radius 1 is 0.850 bits per heavy atom. The van der Waals surface area contributed by atoms with Gasteiger partial charge in [-0.3, -0.25) is 14.4 Å². The Morgan fingerprint density at radius 3 is 1.95 bits per heavy atom. The highest BCUT2D eigenvalue weighted by Crippen LogP contribution is 2.19. The van der Waals surface area contributed by atoms with Crippen LogP contribution in [0.5, 0.6) is 0 Å². The van der Waals surface area contributed by atoms with Gasteiger partial charge in [0.25, 0.3) is 5.91 Å². The van der Waals surface area contributed by atoms with E-state index in [2.05, 4.69) is 10.8 Å². The van der Waals surface area contributed by atoms with Crippen molar-refractivity contribution in [3.8, 4) is 0 Å². The minimum Gasteiger partial charge on any atom is -0.444 e. The zero-order chi connectivity index (χ0) is 29.0. The van der Waals surface area contributed by atoms with Crippen molar-refractivity contribution in [1.82, 2.24) is 15.7 Å². The van der Waals surface area contributed by atoms with Crippen molar-refractivity contribution in [2.45, 2.75) is 58.0 Å². The topological polar surface area (TPSA) is 117 Å². The number of carbonyl (C=O) groups excluding carboxylic acids is 3. The van der Waals surface area contributed by atoms with E-state index in [9.17, 15) is 19.5 Å². The Morgan fingerprint density at radius 2 is 1.40 bits per heavy atom. The van der Waals surface area contributed by atoms with Gasteiger partial charge in [0.15, 0.2) is 0 Å². The fourth-order valence-corrected chi connectivity index (χ4v) is 4.06. The summed E-state index contributed by atoms with van der Waals surface area (Å²) in [6.07, 6.45) is -1.04. The Bertz CT molecular complexity index is 1220. The van der Waals surface area contributed by atoms with Crippen LogP contribution in [0.1, 0.15) is 48.7 Å². The highest BCUT2D eigenvalue weighted by molar-refractivity contribution is 5.94. The molecule has 0 unspecified atom stereocenters. The predicted molar refractivity (Wildman–Crippen MR) is 151 cm³/mol. The molecule has 0 aliphatic carbocycles. The molecule has 0 aliphatic rings. The number of amides is 3. The van der Waals surface area contributed by atoms with Gasteiger partial charge in [-0.1, -0.05) is 78.9 Å². The first kappa shape index (κ1) is 30.3. The number of hydrogen-bond donors (Lipinski definition) is 3. The molecule has 2 atom stereocenters. The lowest BCUT2D eigenvalue weighted by molar-refractivity contribution is -0.136. The van der Waals surface area contributed by atoms with Gasteiger partial charge >= 0.3 is 6.09 Å². The van der Waals surface area contributed by atoms with Gasteiger partial charge < -0.3 is 20.1 Å². The van der Waals surface area contributed by atoms with Crippen LogP contribution in [0, 0.1) is 0 Å². The molecule has 3 aromatic carbocycles. The number of alkyl carbamates (subject to hydrolysis) is 1.